The van der Waals surface area contributed by atoms with Crippen LogP contribution in [0.25, 0.3) is 11.3 Å². The molecular formula is C22H24FN5O2. The van der Waals surface area contributed by atoms with Crippen molar-refractivity contribution >= 4 is 11.9 Å². The summed E-state index contributed by atoms with van der Waals surface area (Å²) < 4.78 is 18.7. The van der Waals surface area contributed by atoms with E-state index in [2.05, 4.69) is 20.4 Å². The van der Waals surface area contributed by atoms with Crippen LogP contribution in [0.4, 0.5) is 10.3 Å². The monoisotopic (exact) mass is 409 g/mol. The molecule has 1 N–H and O–H groups in total. The molecule has 1 aliphatic rings. The number of aryl methyl sites for hydroxylation is 2. The van der Waals surface area contributed by atoms with Gasteiger partial charge in [0.1, 0.15) is 11.5 Å². The van der Waals surface area contributed by atoms with Crippen LogP contribution in [-0.2, 0) is 17.8 Å². The lowest BCUT2D eigenvalue weighted by atomic mass is 10.0. The third-order valence-electron chi connectivity index (χ3n) is 5.13. The van der Waals surface area contributed by atoms with Gasteiger partial charge in [0.25, 0.3) is 0 Å². The fourth-order valence-electron chi connectivity index (χ4n) is 3.67. The Morgan fingerprint density at radius 1 is 1.20 bits per heavy atom. The van der Waals surface area contributed by atoms with Gasteiger partial charge in [-0.2, -0.15) is 0 Å². The van der Waals surface area contributed by atoms with E-state index in [-0.39, 0.29) is 11.7 Å². The topological polar surface area (TPSA) is 84.2 Å². The van der Waals surface area contributed by atoms with Crippen LogP contribution in [0.15, 0.2) is 34.9 Å². The molecule has 1 aliphatic heterocycles. The van der Waals surface area contributed by atoms with E-state index in [0.717, 1.165) is 28.2 Å². The minimum atomic E-state index is -0.289. The number of halogens is 1. The largest absolute Gasteiger partial charge is 0.356 e. The van der Waals surface area contributed by atoms with Gasteiger partial charge < -0.3 is 14.7 Å². The van der Waals surface area contributed by atoms with Crippen molar-refractivity contribution in [3.63, 3.8) is 0 Å². The normalized spacial score (nSPS) is 13.2. The second kappa shape index (κ2) is 8.61. The van der Waals surface area contributed by atoms with Crippen LogP contribution in [0.1, 0.15) is 35.5 Å². The number of fused-ring (bicyclic) bond motifs is 1. The number of amides is 1. The van der Waals surface area contributed by atoms with E-state index >= 15 is 0 Å². The molecule has 156 valence electrons. The standard InChI is InChI=1S/C22H24FN5O2/c1-14-12-15(2)26-22(25-14)24-10-3-4-20(29)28-11-9-18-19(13-28)27-30-21(18)16-5-7-17(23)8-6-16/h5-8,12H,3-4,9-11,13H2,1-2H3,(H,24,25,26). The summed E-state index contributed by atoms with van der Waals surface area (Å²) >= 11 is 0. The number of carbonyl (C=O) groups is 1. The minimum absolute atomic E-state index is 0.0927. The number of rotatable bonds is 6. The van der Waals surface area contributed by atoms with Crippen LogP contribution >= 0.6 is 0 Å². The van der Waals surface area contributed by atoms with Crippen molar-refractivity contribution in [1.82, 2.24) is 20.0 Å². The Hall–Kier alpha value is -3.29. The molecule has 1 amide bonds. The van der Waals surface area contributed by atoms with E-state index in [9.17, 15) is 9.18 Å². The zero-order chi connectivity index (χ0) is 21.1. The van der Waals surface area contributed by atoms with Crippen LogP contribution in [0, 0.1) is 19.7 Å². The molecule has 4 rings (SSSR count). The smallest absolute Gasteiger partial charge is 0.223 e. The Bertz CT molecular complexity index is 1030. The maximum absolute atomic E-state index is 13.2. The molecule has 0 unspecified atom stereocenters. The van der Waals surface area contributed by atoms with Crippen LogP contribution < -0.4 is 5.32 Å². The van der Waals surface area contributed by atoms with Crippen molar-refractivity contribution in [2.75, 3.05) is 18.4 Å². The highest BCUT2D eigenvalue weighted by Gasteiger charge is 2.27. The molecule has 30 heavy (non-hydrogen) atoms. The maximum Gasteiger partial charge on any atom is 0.223 e. The summed E-state index contributed by atoms with van der Waals surface area (Å²) in [4.78, 5) is 23.1. The van der Waals surface area contributed by atoms with Gasteiger partial charge in [0.05, 0.1) is 6.54 Å². The summed E-state index contributed by atoms with van der Waals surface area (Å²) in [5.74, 6) is 1.06. The Labute approximate surface area is 174 Å². The van der Waals surface area contributed by atoms with E-state index in [4.69, 9.17) is 4.52 Å². The zero-order valence-electron chi connectivity index (χ0n) is 17.1. The zero-order valence-corrected chi connectivity index (χ0v) is 17.1. The summed E-state index contributed by atoms with van der Waals surface area (Å²) in [5, 5.41) is 7.33. The van der Waals surface area contributed by atoms with E-state index in [1.807, 2.05) is 24.8 Å². The van der Waals surface area contributed by atoms with Gasteiger partial charge in [-0.3, -0.25) is 4.79 Å². The van der Waals surface area contributed by atoms with E-state index in [0.29, 0.717) is 50.6 Å². The first-order chi connectivity index (χ1) is 14.5. The first-order valence-electron chi connectivity index (χ1n) is 10.1. The molecule has 0 atom stereocenters. The average molecular weight is 409 g/mol. The molecule has 8 heteroatoms. The molecule has 1 aromatic carbocycles. The highest BCUT2D eigenvalue weighted by atomic mass is 19.1. The van der Waals surface area contributed by atoms with Crippen LogP contribution in [0.5, 0.6) is 0 Å². The fraction of sp³-hybridized carbons (Fsp3) is 0.364. The third-order valence-corrected chi connectivity index (χ3v) is 5.13. The predicted octanol–water partition coefficient (Wildman–Crippen LogP) is 3.66. The molecule has 0 bridgehead atoms. The highest BCUT2D eigenvalue weighted by molar-refractivity contribution is 5.76. The summed E-state index contributed by atoms with van der Waals surface area (Å²) in [6, 6.07) is 8.09. The predicted molar refractivity (Wildman–Crippen MR) is 110 cm³/mol. The van der Waals surface area contributed by atoms with Crippen LogP contribution in [0.3, 0.4) is 0 Å². The van der Waals surface area contributed by atoms with E-state index < -0.39 is 0 Å². The summed E-state index contributed by atoms with van der Waals surface area (Å²) in [7, 11) is 0. The number of anilines is 1. The Balaban J connectivity index is 1.30. The molecule has 0 radical (unpaired) electrons. The molecule has 7 nitrogen and oxygen atoms in total. The molecular weight excluding hydrogens is 385 g/mol. The van der Waals surface area contributed by atoms with Gasteiger partial charge in [0, 0.05) is 42.0 Å². The lowest BCUT2D eigenvalue weighted by molar-refractivity contribution is -0.132. The van der Waals surface area contributed by atoms with Gasteiger partial charge in [-0.1, -0.05) is 5.16 Å². The fourth-order valence-corrected chi connectivity index (χ4v) is 3.67. The van der Waals surface area contributed by atoms with Gasteiger partial charge in [-0.05, 0) is 57.0 Å². The summed E-state index contributed by atoms with van der Waals surface area (Å²) in [6.45, 7) is 5.55. The number of hydrogen-bond acceptors (Lipinski definition) is 6. The highest BCUT2D eigenvalue weighted by Crippen LogP contribution is 2.30. The second-order valence-corrected chi connectivity index (χ2v) is 7.51. The lowest BCUT2D eigenvalue weighted by Gasteiger charge is -2.26. The number of hydrogen-bond donors (Lipinski definition) is 1. The first kappa shape index (κ1) is 20.0. The quantitative estimate of drug-likeness (QED) is 0.626. The van der Waals surface area contributed by atoms with Gasteiger partial charge in [-0.25, -0.2) is 14.4 Å². The molecule has 2 aromatic heterocycles. The van der Waals surface area contributed by atoms with Gasteiger partial charge in [0.15, 0.2) is 5.76 Å². The van der Waals surface area contributed by atoms with Gasteiger partial charge in [0.2, 0.25) is 11.9 Å². The van der Waals surface area contributed by atoms with Crippen LogP contribution in [0.2, 0.25) is 0 Å². The van der Waals surface area contributed by atoms with Crippen molar-refractivity contribution in [2.45, 2.75) is 39.7 Å². The van der Waals surface area contributed by atoms with E-state index in [1.54, 1.807) is 12.1 Å². The number of carbonyl (C=O) groups excluding carboxylic acids is 1. The molecule has 0 saturated heterocycles. The average Bonchev–Trinajstić information content (AvgIpc) is 3.14. The Morgan fingerprint density at radius 2 is 1.93 bits per heavy atom. The maximum atomic E-state index is 13.2. The first-order valence-corrected chi connectivity index (χ1v) is 10.1. The molecule has 0 saturated carbocycles. The number of nitrogens with one attached hydrogen (secondary N) is 1. The number of benzene rings is 1. The summed E-state index contributed by atoms with van der Waals surface area (Å²) in [5.41, 5.74) is 4.40. The Morgan fingerprint density at radius 3 is 2.67 bits per heavy atom. The molecule has 0 fully saturated rings. The molecule has 0 spiro atoms. The minimum Gasteiger partial charge on any atom is -0.356 e. The van der Waals surface area contributed by atoms with Gasteiger partial charge in [-0.15, -0.1) is 0 Å². The lowest BCUT2D eigenvalue weighted by Crippen LogP contribution is -2.36. The second-order valence-electron chi connectivity index (χ2n) is 7.51. The van der Waals surface area contributed by atoms with Crippen molar-refractivity contribution in [3.8, 4) is 11.3 Å². The van der Waals surface area contributed by atoms with Crippen LogP contribution in [-0.4, -0.2) is 39.0 Å². The van der Waals surface area contributed by atoms with Crippen molar-refractivity contribution in [1.29, 1.82) is 0 Å². The summed E-state index contributed by atoms with van der Waals surface area (Å²) in [6.07, 6.45) is 1.81. The Kier molecular flexibility index (Phi) is 5.74. The van der Waals surface area contributed by atoms with Crippen molar-refractivity contribution in [3.05, 3.63) is 58.8 Å². The number of aromatic nitrogens is 3. The van der Waals surface area contributed by atoms with E-state index in [1.165, 1.54) is 12.1 Å². The van der Waals surface area contributed by atoms with Crippen molar-refractivity contribution in [2.24, 2.45) is 0 Å². The van der Waals surface area contributed by atoms with Crippen molar-refractivity contribution < 1.29 is 13.7 Å². The number of nitrogens with zero attached hydrogens (tertiary/aromatic N) is 4. The SMILES string of the molecule is Cc1cc(C)nc(NCCCC(=O)N2CCc3c(noc3-c3ccc(F)cc3)C2)n1. The third kappa shape index (κ3) is 4.48. The van der Waals surface area contributed by atoms with Gasteiger partial charge >= 0.3 is 0 Å². The molecule has 3 aromatic rings. The molecule has 3 heterocycles. The molecule has 0 aliphatic carbocycles.